The van der Waals surface area contributed by atoms with Crippen LogP contribution in [-0.2, 0) is 22.6 Å². The van der Waals surface area contributed by atoms with Gasteiger partial charge >= 0.3 is 6.09 Å². The molecule has 158 valence electrons. The van der Waals surface area contributed by atoms with Gasteiger partial charge in [-0.1, -0.05) is 72.8 Å². The summed E-state index contributed by atoms with van der Waals surface area (Å²) in [4.78, 5) is 26.8. The van der Waals surface area contributed by atoms with E-state index in [0.717, 1.165) is 16.7 Å². The Labute approximate surface area is 182 Å². The quantitative estimate of drug-likeness (QED) is 0.547. The van der Waals surface area contributed by atoms with E-state index in [-0.39, 0.29) is 18.6 Å². The summed E-state index contributed by atoms with van der Waals surface area (Å²) in [7, 11) is 0. The van der Waals surface area contributed by atoms with Crippen molar-refractivity contribution in [2.24, 2.45) is 0 Å². The first-order valence-corrected chi connectivity index (χ1v) is 10.4. The standard InChI is InChI=1S/C26H25NO4/c1-19(22-13-8-14-24(16-22)30-17-21-11-6-3-7-12-21)25(28)27-23(18-31-26(27)29)15-20-9-4-2-5-10-20/h2-14,16,19,23H,15,17-18H2,1H3/t19-,23-/m1/s1. The second-order valence-corrected chi connectivity index (χ2v) is 7.70. The van der Waals surface area contributed by atoms with Gasteiger partial charge in [-0.05, 0) is 42.2 Å². The number of nitrogens with zero attached hydrogens (tertiary/aromatic N) is 1. The lowest BCUT2D eigenvalue weighted by Gasteiger charge is -2.23. The maximum atomic E-state index is 13.2. The zero-order chi connectivity index (χ0) is 21.6. The minimum absolute atomic E-state index is 0.215. The Balaban J connectivity index is 1.45. The van der Waals surface area contributed by atoms with E-state index in [4.69, 9.17) is 9.47 Å². The Kier molecular flexibility index (Phi) is 6.32. The van der Waals surface area contributed by atoms with E-state index < -0.39 is 12.0 Å². The number of benzene rings is 3. The molecule has 3 aromatic rings. The summed E-state index contributed by atoms with van der Waals surface area (Å²) in [5.74, 6) is -0.0707. The summed E-state index contributed by atoms with van der Waals surface area (Å²) >= 11 is 0. The van der Waals surface area contributed by atoms with Crippen LogP contribution >= 0.6 is 0 Å². The molecule has 4 rings (SSSR count). The normalized spacial score (nSPS) is 16.6. The van der Waals surface area contributed by atoms with Crippen LogP contribution in [0.4, 0.5) is 4.79 Å². The Morgan fingerprint density at radius 2 is 1.68 bits per heavy atom. The molecule has 0 radical (unpaired) electrons. The van der Waals surface area contributed by atoms with Gasteiger partial charge in [0.15, 0.2) is 0 Å². The summed E-state index contributed by atoms with van der Waals surface area (Å²) in [6.45, 7) is 2.47. The molecule has 0 aliphatic carbocycles. The van der Waals surface area contributed by atoms with Gasteiger partial charge in [0, 0.05) is 0 Å². The molecule has 2 amide bonds. The first-order valence-electron chi connectivity index (χ1n) is 10.4. The Morgan fingerprint density at radius 1 is 1.00 bits per heavy atom. The number of hydrogen-bond donors (Lipinski definition) is 0. The van der Waals surface area contributed by atoms with Crippen LogP contribution in [0.15, 0.2) is 84.9 Å². The van der Waals surface area contributed by atoms with Crippen molar-refractivity contribution in [2.75, 3.05) is 6.61 Å². The SMILES string of the molecule is C[C@@H](C(=O)N1C(=O)OC[C@H]1Cc1ccccc1)c1cccc(OCc2ccccc2)c1. The van der Waals surface area contributed by atoms with Gasteiger partial charge in [-0.25, -0.2) is 9.69 Å². The molecule has 3 aromatic carbocycles. The summed E-state index contributed by atoms with van der Waals surface area (Å²) < 4.78 is 11.1. The average molecular weight is 415 g/mol. The lowest BCUT2D eigenvalue weighted by Crippen LogP contribution is -2.42. The van der Waals surface area contributed by atoms with E-state index in [1.165, 1.54) is 4.90 Å². The van der Waals surface area contributed by atoms with Crippen LogP contribution < -0.4 is 4.74 Å². The fraction of sp³-hybridized carbons (Fsp3) is 0.231. The number of imide groups is 1. The average Bonchev–Trinajstić information content (AvgIpc) is 3.18. The first kappa shape index (κ1) is 20.7. The maximum absolute atomic E-state index is 13.2. The summed E-state index contributed by atoms with van der Waals surface area (Å²) in [5, 5.41) is 0. The number of rotatable bonds is 7. The molecule has 5 heteroatoms. The maximum Gasteiger partial charge on any atom is 0.417 e. The predicted molar refractivity (Wildman–Crippen MR) is 118 cm³/mol. The highest BCUT2D eigenvalue weighted by Crippen LogP contribution is 2.27. The molecule has 0 bridgehead atoms. The molecular formula is C26H25NO4. The van der Waals surface area contributed by atoms with Crippen LogP contribution in [0.3, 0.4) is 0 Å². The van der Waals surface area contributed by atoms with Gasteiger partial charge in [0.1, 0.15) is 19.0 Å². The van der Waals surface area contributed by atoms with Gasteiger partial charge in [0.25, 0.3) is 0 Å². The van der Waals surface area contributed by atoms with E-state index in [0.29, 0.717) is 18.8 Å². The smallest absolute Gasteiger partial charge is 0.417 e. The molecule has 0 spiro atoms. The lowest BCUT2D eigenvalue weighted by molar-refractivity contribution is -0.130. The van der Waals surface area contributed by atoms with Crippen molar-refractivity contribution in [3.8, 4) is 5.75 Å². The monoisotopic (exact) mass is 415 g/mol. The van der Waals surface area contributed by atoms with Crippen LogP contribution in [0.25, 0.3) is 0 Å². The molecule has 2 atom stereocenters. The third-order valence-electron chi connectivity index (χ3n) is 5.49. The summed E-state index contributed by atoms with van der Waals surface area (Å²) in [5.41, 5.74) is 2.93. The molecule has 0 N–H and O–H groups in total. The number of carbonyl (C=O) groups excluding carboxylic acids is 2. The second kappa shape index (κ2) is 9.47. The van der Waals surface area contributed by atoms with Gasteiger partial charge in [-0.3, -0.25) is 4.79 Å². The summed E-state index contributed by atoms with van der Waals surface area (Å²) in [6.07, 6.45) is -0.0000871. The van der Waals surface area contributed by atoms with Crippen molar-refractivity contribution in [1.82, 2.24) is 4.90 Å². The molecule has 1 fully saturated rings. The number of hydrogen-bond acceptors (Lipinski definition) is 4. The van der Waals surface area contributed by atoms with Crippen LogP contribution in [0.5, 0.6) is 5.75 Å². The molecule has 1 heterocycles. The van der Waals surface area contributed by atoms with E-state index in [1.54, 1.807) is 0 Å². The highest BCUT2D eigenvalue weighted by molar-refractivity contribution is 5.97. The Morgan fingerprint density at radius 3 is 2.39 bits per heavy atom. The van der Waals surface area contributed by atoms with E-state index >= 15 is 0 Å². The van der Waals surface area contributed by atoms with Crippen LogP contribution in [0.1, 0.15) is 29.5 Å². The number of cyclic esters (lactones) is 1. The minimum atomic E-state index is -0.575. The number of carbonyl (C=O) groups is 2. The molecule has 5 nitrogen and oxygen atoms in total. The molecule has 0 aromatic heterocycles. The molecule has 31 heavy (non-hydrogen) atoms. The molecule has 1 saturated heterocycles. The molecule has 1 aliphatic heterocycles. The minimum Gasteiger partial charge on any atom is -0.489 e. The first-order chi connectivity index (χ1) is 15.1. The highest BCUT2D eigenvalue weighted by Gasteiger charge is 2.40. The predicted octanol–water partition coefficient (Wildman–Crippen LogP) is 4.96. The van der Waals surface area contributed by atoms with Gasteiger partial charge in [-0.2, -0.15) is 0 Å². The summed E-state index contributed by atoms with van der Waals surface area (Å²) in [6, 6.07) is 26.9. The van der Waals surface area contributed by atoms with Crippen molar-refractivity contribution in [3.05, 3.63) is 102 Å². The zero-order valence-electron chi connectivity index (χ0n) is 17.4. The Hall–Kier alpha value is -3.60. The van der Waals surface area contributed by atoms with Gasteiger partial charge in [0.05, 0.1) is 12.0 Å². The fourth-order valence-corrected chi connectivity index (χ4v) is 3.73. The zero-order valence-corrected chi connectivity index (χ0v) is 17.4. The van der Waals surface area contributed by atoms with Gasteiger partial charge in [-0.15, -0.1) is 0 Å². The van der Waals surface area contributed by atoms with Crippen molar-refractivity contribution in [2.45, 2.75) is 31.9 Å². The highest BCUT2D eigenvalue weighted by atomic mass is 16.6. The van der Waals surface area contributed by atoms with Crippen molar-refractivity contribution >= 4 is 12.0 Å². The fourth-order valence-electron chi connectivity index (χ4n) is 3.73. The molecule has 0 unspecified atom stereocenters. The Bertz CT molecular complexity index is 1040. The van der Waals surface area contributed by atoms with Crippen LogP contribution in [0.2, 0.25) is 0 Å². The largest absolute Gasteiger partial charge is 0.489 e. The second-order valence-electron chi connectivity index (χ2n) is 7.70. The van der Waals surface area contributed by atoms with Crippen molar-refractivity contribution in [1.29, 1.82) is 0 Å². The molecule has 0 saturated carbocycles. The third-order valence-corrected chi connectivity index (χ3v) is 5.49. The topological polar surface area (TPSA) is 55.8 Å². The number of amides is 2. The van der Waals surface area contributed by atoms with E-state index in [9.17, 15) is 9.59 Å². The van der Waals surface area contributed by atoms with Crippen LogP contribution in [-0.4, -0.2) is 29.5 Å². The van der Waals surface area contributed by atoms with Crippen molar-refractivity contribution < 1.29 is 19.1 Å². The van der Waals surface area contributed by atoms with Crippen LogP contribution in [0, 0.1) is 0 Å². The lowest BCUT2D eigenvalue weighted by atomic mass is 9.98. The van der Waals surface area contributed by atoms with Gasteiger partial charge < -0.3 is 9.47 Å². The van der Waals surface area contributed by atoms with E-state index in [1.807, 2.05) is 91.9 Å². The van der Waals surface area contributed by atoms with Gasteiger partial charge in [0.2, 0.25) is 5.91 Å². The van der Waals surface area contributed by atoms with E-state index in [2.05, 4.69) is 0 Å². The third kappa shape index (κ3) is 4.94. The number of ether oxygens (including phenoxy) is 2. The molecule has 1 aliphatic rings. The molecular weight excluding hydrogens is 390 g/mol. The van der Waals surface area contributed by atoms with Crippen molar-refractivity contribution in [3.63, 3.8) is 0 Å².